The third-order valence-corrected chi connectivity index (χ3v) is 5.67. The molecule has 0 unspecified atom stereocenters. The number of nitrogens with zero attached hydrogens (tertiary/aromatic N) is 1. The highest BCUT2D eigenvalue weighted by Gasteiger charge is 2.07. The molecule has 0 bridgehead atoms. The number of aromatic nitrogens is 1. The number of benzene rings is 2. The molecule has 1 aromatic heterocycles. The molecule has 0 saturated carbocycles. The summed E-state index contributed by atoms with van der Waals surface area (Å²) in [5.41, 5.74) is 2.71. The van der Waals surface area contributed by atoms with Gasteiger partial charge in [0.2, 0.25) is 0 Å². The molecular weight excluding hydrogens is 352 g/mol. The molecule has 6 heteroatoms. The zero-order valence-corrected chi connectivity index (χ0v) is 15.3. The molecule has 0 atom stereocenters. The van der Waals surface area contributed by atoms with Crippen molar-refractivity contribution < 1.29 is 8.42 Å². The van der Waals surface area contributed by atoms with Crippen molar-refractivity contribution in [2.75, 3.05) is 11.6 Å². The second kappa shape index (κ2) is 7.72. The molecule has 0 aliphatic carbocycles. The lowest BCUT2D eigenvalue weighted by atomic mass is 10.2. The maximum absolute atomic E-state index is 11.6. The monoisotopic (exact) mass is 370 g/mol. The summed E-state index contributed by atoms with van der Waals surface area (Å²) in [6, 6.07) is 20.8. The number of hydrogen-bond acceptors (Lipinski definition) is 5. The lowest BCUT2D eigenvalue weighted by molar-refractivity contribution is 0.602. The van der Waals surface area contributed by atoms with Gasteiger partial charge in [0.05, 0.1) is 10.6 Å². The summed E-state index contributed by atoms with van der Waals surface area (Å²) >= 11 is 1.72. The maximum Gasteiger partial charge on any atom is 0.175 e. The summed E-state index contributed by atoms with van der Waals surface area (Å²) < 4.78 is 23.3. The zero-order chi connectivity index (χ0) is 17.7. The Morgan fingerprint density at radius 1 is 0.960 bits per heavy atom. The van der Waals surface area contributed by atoms with Gasteiger partial charge in [-0.3, -0.25) is 4.98 Å². The molecule has 0 radical (unpaired) electrons. The van der Waals surface area contributed by atoms with Crippen LogP contribution in [0.25, 0.3) is 0 Å². The number of pyridine rings is 1. The van der Waals surface area contributed by atoms with E-state index in [2.05, 4.69) is 10.3 Å². The van der Waals surface area contributed by atoms with Crippen LogP contribution in [0.15, 0.2) is 82.7 Å². The standard InChI is InChI=1S/C19H18N2O2S2/c1-25(22,23)19-7-4-6-16(13-19)21-15-8-10-18(11-9-15)24-14-17-5-2-3-12-20-17/h2-13,21H,14H2,1H3. The van der Waals surface area contributed by atoms with Crippen molar-refractivity contribution in [2.45, 2.75) is 15.5 Å². The second-order valence-electron chi connectivity index (χ2n) is 5.56. The van der Waals surface area contributed by atoms with Crippen molar-refractivity contribution >= 4 is 33.0 Å². The molecule has 128 valence electrons. The molecule has 0 aliphatic rings. The Hall–Kier alpha value is -2.31. The third-order valence-electron chi connectivity index (χ3n) is 3.52. The van der Waals surface area contributed by atoms with Crippen LogP contribution in [0.2, 0.25) is 0 Å². The smallest absolute Gasteiger partial charge is 0.175 e. The fourth-order valence-corrected chi connectivity index (χ4v) is 3.73. The fraction of sp³-hybridized carbons (Fsp3) is 0.105. The quantitative estimate of drug-likeness (QED) is 0.647. The van der Waals surface area contributed by atoms with Crippen molar-refractivity contribution in [1.82, 2.24) is 4.98 Å². The van der Waals surface area contributed by atoms with Gasteiger partial charge >= 0.3 is 0 Å². The number of hydrogen-bond donors (Lipinski definition) is 1. The number of anilines is 2. The van der Waals surface area contributed by atoms with E-state index in [-0.39, 0.29) is 0 Å². The molecule has 4 nitrogen and oxygen atoms in total. The van der Waals surface area contributed by atoms with E-state index in [0.717, 1.165) is 27.7 Å². The Labute approximate surface area is 152 Å². The van der Waals surface area contributed by atoms with Crippen LogP contribution in [-0.4, -0.2) is 19.7 Å². The van der Waals surface area contributed by atoms with Gasteiger partial charge in [0.1, 0.15) is 0 Å². The van der Waals surface area contributed by atoms with Gasteiger partial charge in [0.15, 0.2) is 9.84 Å². The van der Waals surface area contributed by atoms with E-state index in [0.29, 0.717) is 4.90 Å². The predicted molar refractivity (Wildman–Crippen MR) is 103 cm³/mol. The van der Waals surface area contributed by atoms with Crippen LogP contribution in [0.4, 0.5) is 11.4 Å². The van der Waals surface area contributed by atoms with Crippen LogP contribution in [0.3, 0.4) is 0 Å². The SMILES string of the molecule is CS(=O)(=O)c1cccc(Nc2ccc(SCc3ccccn3)cc2)c1. The first-order valence-corrected chi connectivity index (χ1v) is 10.6. The second-order valence-corrected chi connectivity index (χ2v) is 8.62. The minimum Gasteiger partial charge on any atom is -0.355 e. The third kappa shape index (κ3) is 5.08. The van der Waals surface area contributed by atoms with Gasteiger partial charge in [-0.05, 0) is 54.6 Å². The Bertz CT molecular complexity index is 941. The number of thioether (sulfide) groups is 1. The minimum absolute atomic E-state index is 0.306. The van der Waals surface area contributed by atoms with Crippen LogP contribution in [0.1, 0.15) is 5.69 Å². The summed E-state index contributed by atoms with van der Waals surface area (Å²) in [5.74, 6) is 0.823. The lowest BCUT2D eigenvalue weighted by Gasteiger charge is -2.09. The molecule has 25 heavy (non-hydrogen) atoms. The van der Waals surface area contributed by atoms with Gasteiger partial charge in [0.25, 0.3) is 0 Å². The average Bonchev–Trinajstić information content (AvgIpc) is 2.62. The summed E-state index contributed by atoms with van der Waals surface area (Å²) in [7, 11) is -3.21. The van der Waals surface area contributed by atoms with Crippen molar-refractivity contribution in [3.8, 4) is 0 Å². The molecule has 0 spiro atoms. The van der Waals surface area contributed by atoms with E-state index in [1.54, 1.807) is 36.2 Å². The van der Waals surface area contributed by atoms with Crippen LogP contribution < -0.4 is 5.32 Å². The summed E-state index contributed by atoms with van der Waals surface area (Å²) in [6.07, 6.45) is 3.01. The Morgan fingerprint density at radius 2 is 1.76 bits per heavy atom. The van der Waals surface area contributed by atoms with Crippen LogP contribution in [-0.2, 0) is 15.6 Å². The molecule has 0 amide bonds. The van der Waals surface area contributed by atoms with Gasteiger partial charge in [-0.1, -0.05) is 12.1 Å². The summed E-state index contributed by atoms with van der Waals surface area (Å²) in [6.45, 7) is 0. The highest BCUT2D eigenvalue weighted by atomic mass is 32.2. The molecule has 2 aromatic carbocycles. The van der Waals surface area contributed by atoms with Gasteiger partial charge in [0, 0.05) is 34.5 Å². The average molecular weight is 370 g/mol. The first-order valence-electron chi connectivity index (χ1n) is 7.71. The Balaban J connectivity index is 1.65. The highest BCUT2D eigenvalue weighted by Crippen LogP contribution is 2.25. The van der Waals surface area contributed by atoms with E-state index in [4.69, 9.17) is 0 Å². The number of rotatable bonds is 6. The van der Waals surface area contributed by atoms with Gasteiger partial charge < -0.3 is 5.32 Å². The van der Waals surface area contributed by atoms with Crippen molar-refractivity contribution in [3.05, 3.63) is 78.6 Å². The molecular formula is C19H18N2O2S2. The molecule has 1 N–H and O–H groups in total. The van der Waals surface area contributed by atoms with E-state index in [9.17, 15) is 8.42 Å². The number of nitrogens with one attached hydrogen (secondary N) is 1. The topological polar surface area (TPSA) is 59.1 Å². The maximum atomic E-state index is 11.6. The largest absolute Gasteiger partial charge is 0.355 e. The normalized spacial score (nSPS) is 11.2. The van der Waals surface area contributed by atoms with E-state index in [1.165, 1.54) is 6.26 Å². The van der Waals surface area contributed by atoms with Crippen LogP contribution >= 0.6 is 11.8 Å². The minimum atomic E-state index is -3.21. The number of sulfone groups is 1. The highest BCUT2D eigenvalue weighted by molar-refractivity contribution is 7.98. The molecule has 3 aromatic rings. The molecule has 0 saturated heterocycles. The van der Waals surface area contributed by atoms with Crippen molar-refractivity contribution in [2.24, 2.45) is 0 Å². The van der Waals surface area contributed by atoms with Gasteiger partial charge in [-0.15, -0.1) is 11.8 Å². The van der Waals surface area contributed by atoms with Crippen LogP contribution in [0.5, 0.6) is 0 Å². The molecule has 0 fully saturated rings. The van der Waals surface area contributed by atoms with Crippen molar-refractivity contribution in [3.63, 3.8) is 0 Å². The van der Waals surface area contributed by atoms with Crippen LogP contribution in [0, 0.1) is 0 Å². The van der Waals surface area contributed by atoms with E-state index >= 15 is 0 Å². The van der Waals surface area contributed by atoms with Gasteiger partial charge in [-0.2, -0.15) is 0 Å². The molecule has 0 aliphatic heterocycles. The van der Waals surface area contributed by atoms with E-state index in [1.807, 2.05) is 48.5 Å². The van der Waals surface area contributed by atoms with E-state index < -0.39 is 9.84 Å². The first-order chi connectivity index (χ1) is 12.0. The van der Waals surface area contributed by atoms with Gasteiger partial charge in [-0.25, -0.2) is 8.42 Å². The molecule has 3 rings (SSSR count). The van der Waals surface area contributed by atoms with Crippen molar-refractivity contribution in [1.29, 1.82) is 0 Å². The Morgan fingerprint density at radius 3 is 2.44 bits per heavy atom. The zero-order valence-electron chi connectivity index (χ0n) is 13.7. The first kappa shape index (κ1) is 17.5. The fourth-order valence-electron chi connectivity index (χ4n) is 2.25. The Kier molecular flexibility index (Phi) is 5.40. The lowest BCUT2D eigenvalue weighted by Crippen LogP contribution is -1.98. The molecule has 1 heterocycles. The predicted octanol–water partition coefficient (Wildman–Crippen LogP) is 4.52. The summed E-state index contributed by atoms with van der Waals surface area (Å²) in [4.78, 5) is 5.77. The summed E-state index contributed by atoms with van der Waals surface area (Å²) in [5, 5.41) is 3.23.